The number of aliphatic carboxylic acids is 1. The van der Waals surface area contributed by atoms with Crippen LogP contribution in [0.4, 0.5) is 0 Å². The second kappa shape index (κ2) is 9.06. The molecule has 1 aromatic rings. The van der Waals surface area contributed by atoms with Crippen LogP contribution >= 0.6 is 0 Å². The van der Waals surface area contributed by atoms with Crippen LogP contribution in [-0.4, -0.2) is 24.7 Å². The number of hydrogen-bond donors (Lipinski definition) is 0. The Morgan fingerprint density at radius 3 is 2.43 bits per heavy atom. The van der Waals surface area contributed by atoms with Gasteiger partial charge in [0.1, 0.15) is 0 Å². The third kappa shape index (κ3) is 4.54. The number of carboxylic acid groups (broad SMARTS) is 1. The van der Waals surface area contributed by atoms with E-state index in [0.717, 1.165) is 12.0 Å². The van der Waals surface area contributed by atoms with Crippen LogP contribution in [0.5, 0.6) is 0 Å². The van der Waals surface area contributed by atoms with E-state index in [1.165, 1.54) is 11.1 Å². The zero-order chi connectivity index (χ0) is 19.3. The maximum atomic E-state index is 12.1. The van der Waals surface area contributed by atoms with Gasteiger partial charge >= 0.3 is 44.8 Å². The molecule has 8 heteroatoms. The Hall–Kier alpha value is 0.0805. The first-order chi connectivity index (χ1) is 12.0. The van der Waals surface area contributed by atoms with Crippen molar-refractivity contribution < 1.29 is 67.6 Å². The second-order valence-corrected chi connectivity index (χ2v) is 9.98. The third-order valence-electron chi connectivity index (χ3n) is 6.71. The average Bonchev–Trinajstić information content (AvgIpc) is 2.52. The van der Waals surface area contributed by atoms with Gasteiger partial charge < -0.3 is 14.5 Å². The van der Waals surface area contributed by atoms with E-state index in [2.05, 4.69) is 32.0 Å². The number of carboxylic acids is 1. The van der Waals surface area contributed by atoms with Crippen LogP contribution in [0.15, 0.2) is 18.2 Å². The SMILES string of the molecule is CC(C)c1ccc2c(c1)CC[C@H]1[C@@](CS(=O)(=O)[O-])(C(=O)[O-])CCC[C@]21C.[Ag+].[Ag+]. The zero-order valence-corrected chi connectivity index (χ0v) is 20.0. The van der Waals surface area contributed by atoms with Crippen molar-refractivity contribution in [2.24, 2.45) is 11.3 Å². The number of carbonyl (C=O) groups is 1. The summed E-state index contributed by atoms with van der Waals surface area (Å²) in [4.78, 5) is 12.1. The molecular weight excluding hydrogens is 568 g/mol. The summed E-state index contributed by atoms with van der Waals surface area (Å²) in [5.74, 6) is -2.27. The molecule has 164 valence electrons. The van der Waals surface area contributed by atoms with Crippen LogP contribution in [0.25, 0.3) is 0 Å². The maximum absolute atomic E-state index is 12.1. The molecule has 0 bridgehead atoms. The van der Waals surface area contributed by atoms with E-state index in [1.54, 1.807) is 0 Å². The molecule has 3 rings (SSSR count). The molecule has 3 atom stereocenters. The summed E-state index contributed by atoms with van der Waals surface area (Å²) in [6.45, 7) is 6.30. The Morgan fingerprint density at radius 2 is 1.89 bits per heavy atom. The minimum absolute atomic E-state index is 0. The molecule has 1 saturated carbocycles. The maximum Gasteiger partial charge on any atom is 1.00 e. The van der Waals surface area contributed by atoms with Crippen molar-refractivity contribution >= 4 is 16.1 Å². The molecule has 0 spiro atoms. The summed E-state index contributed by atoms with van der Waals surface area (Å²) in [5, 5.41) is 12.1. The fourth-order valence-corrected chi connectivity index (χ4v) is 6.57. The Labute approximate surface area is 198 Å². The smallest absolute Gasteiger partial charge is 0.748 e. The van der Waals surface area contributed by atoms with Gasteiger partial charge in [-0.15, -0.1) is 0 Å². The molecule has 1 aromatic carbocycles. The second-order valence-electron chi connectivity index (χ2n) is 8.58. The summed E-state index contributed by atoms with van der Waals surface area (Å²) in [6.07, 6.45) is 2.82. The molecule has 0 N–H and O–H groups in total. The number of benzene rings is 1. The normalized spacial score (nSPS) is 29.1. The van der Waals surface area contributed by atoms with Crippen LogP contribution in [0, 0.1) is 11.3 Å². The van der Waals surface area contributed by atoms with E-state index in [4.69, 9.17) is 0 Å². The van der Waals surface area contributed by atoms with E-state index >= 15 is 0 Å². The van der Waals surface area contributed by atoms with E-state index in [9.17, 15) is 22.9 Å². The number of fused-ring (bicyclic) bond motifs is 3. The van der Waals surface area contributed by atoms with E-state index in [1.807, 2.05) is 6.92 Å². The van der Waals surface area contributed by atoms with Crippen LogP contribution in [-0.2, 0) is 71.5 Å². The Bertz CT molecular complexity index is 839. The van der Waals surface area contributed by atoms with Crippen molar-refractivity contribution in [2.75, 3.05) is 5.75 Å². The molecule has 2 aliphatic rings. The molecule has 0 unspecified atom stereocenters. The van der Waals surface area contributed by atoms with Crippen LogP contribution in [0.3, 0.4) is 0 Å². The molecule has 0 saturated heterocycles. The Balaban J connectivity index is 0.00000196. The van der Waals surface area contributed by atoms with Crippen molar-refractivity contribution in [1.29, 1.82) is 0 Å². The Kier molecular flexibility index (Phi) is 8.45. The van der Waals surface area contributed by atoms with Crippen molar-refractivity contribution in [3.63, 3.8) is 0 Å². The molecule has 0 heterocycles. The summed E-state index contributed by atoms with van der Waals surface area (Å²) < 4.78 is 34.5. The third-order valence-corrected chi connectivity index (χ3v) is 7.58. The fourth-order valence-electron chi connectivity index (χ4n) is 5.47. The van der Waals surface area contributed by atoms with Crippen LogP contribution in [0.2, 0.25) is 0 Å². The van der Waals surface area contributed by atoms with Gasteiger partial charge in [0.05, 0.1) is 10.1 Å². The van der Waals surface area contributed by atoms with Gasteiger partial charge in [-0.3, -0.25) is 0 Å². The molecule has 0 amide bonds. The standard InChI is InChI=1S/C20H28O5S.2Ag/c1-13(2)14-5-7-16-15(11-14)6-8-17-19(16,3)9-4-10-20(17,18(21)22)12-26(23,24)25;;/h5,7,11,13,17H,4,6,8-10,12H2,1-3H3,(H,21,22)(H,23,24,25);;/q;2*+1/p-2/t17-,19-,20-;;/m1../s1. The fraction of sp³-hybridized carbons (Fsp3) is 0.650. The van der Waals surface area contributed by atoms with E-state index < -0.39 is 38.6 Å². The predicted molar refractivity (Wildman–Crippen MR) is 95.5 cm³/mol. The first-order valence-corrected chi connectivity index (χ1v) is 10.9. The minimum Gasteiger partial charge on any atom is -0.748 e. The van der Waals surface area contributed by atoms with Gasteiger partial charge in [-0.1, -0.05) is 45.4 Å². The van der Waals surface area contributed by atoms with E-state index in [0.29, 0.717) is 25.2 Å². The minimum atomic E-state index is -4.67. The number of carbonyl (C=O) groups excluding carboxylic acids is 1. The van der Waals surface area contributed by atoms with Crippen molar-refractivity contribution in [3.05, 3.63) is 34.9 Å². The van der Waals surface area contributed by atoms with Gasteiger partial charge in [0.2, 0.25) is 0 Å². The van der Waals surface area contributed by atoms with Crippen LogP contribution < -0.4 is 5.11 Å². The molecular formula is C20H26Ag2O5S. The molecule has 2 aliphatic carbocycles. The predicted octanol–water partition coefficient (Wildman–Crippen LogP) is 2.09. The monoisotopic (exact) mass is 592 g/mol. The van der Waals surface area contributed by atoms with Crippen molar-refractivity contribution in [2.45, 2.75) is 64.2 Å². The number of aryl methyl sites for hydroxylation is 1. The van der Waals surface area contributed by atoms with E-state index in [-0.39, 0.29) is 51.2 Å². The molecule has 0 aromatic heterocycles. The molecule has 0 aliphatic heterocycles. The molecule has 0 radical (unpaired) electrons. The first kappa shape index (κ1) is 26.1. The van der Waals surface area contributed by atoms with Gasteiger partial charge in [-0.2, -0.15) is 0 Å². The van der Waals surface area contributed by atoms with Crippen molar-refractivity contribution in [3.8, 4) is 0 Å². The summed E-state index contributed by atoms with van der Waals surface area (Å²) >= 11 is 0. The van der Waals surface area contributed by atoms with Gasteiger partial charge in [-0.25, -0.2) is 8.42 Å². The number of hydrogen-bond acceptors (Lipinski definition) is 5. The molecule has 1 fully saturated rings. The topological polar surface area (TPSA) is 97.3 Å². The summed E-state index contributed by atoms with van der Waals surface area (Å²) in [7, 11) is -4.67. The number of rotatable bonds is 4. The van der Waals surface area contributed by atoms with Crippen molar-refractivity contribution in [1.82, 2.24) is 0 Å². The van der Waals surface area contributed by atoms with Gasteiger partial charge in [0, 0.05) is 17.1 Å². The Morgan fingerprint density at radius 1 is 1.25 bits per heavy atom. The first-order valence-electron chi connectivity index (χ1n) is 9.28. The molecule has 5 nitrogen and oxygen atoms in total. The van der Waals surface area contributed by atoms with Crippen LogP contribution in [0.1, 0.15) is 69.1 Å². The zero-order valence-electron chi connectivity index (χ0n) is 16.2. The largest absolute Gasteiger partial charge is 1.00 e. The molecule has 28 heavy (non-hydrogen) atoms. The summed E-state index contributed by atoms with van der Waals surface area (Å²) in [6, 6.07) is 6.35. The van der Waals surface area contributed by atoms with Gasteiger partial charge in [-0.05, 0) is 59.6 Å². The quantitative estimate of drug-likeness (QED) is 0.393. The van der Waals surface area contributed by atoms with Gasteiger partial charge in [0.15, 0.2) is 0 Å². The van der Waals surface area contributed by atoms with Gasteiger partial charge in [0.25, 0.3) is 0 Å². The average molecular weight is 594 g/mol. The summed E-state index contributed by atoms with van der Waals surface area (Å²) in [5.41, 5.74) is 1.52.